The molecule has 204 valence electrons. The van der Waals surface area contributed by atoms with Crippen LogP contribution in [0, 0.1) is 4.91 Å². The van der Waals surface area contributed by atoms with E-state index in [0.717, 1.165) is 69.1 Å². The summed E-state index contributed by atoms with van der Waals surface area (Å²) < 4.78 is 21.8. The highest BCUT2D eigenvalue weighted by atomic mass is 32.1. The van der Waals surface area contributed by atoms with Crippen molar-refractivity contribution >= 4 is 21.6 Å². The first-order valence-electron chi connectivity index (χ1n) is 13.0. The molecule has 1 aromatic heterocycles. The van der Waals surface area contributed by atoms with Crippen LogP contribution in [0.2, 0.25) is 0 Å². The topological polar surface area (TPSA) is 110 Å². The molecule has 3 aromatic rings. The fourth-order valence-electron chi connectivity index (χ4n) is 5.57. The summed E-state index contributed by atoms with van der Waals surface area (Å²) in [5, 5.41) is 16.2. The molecular weight excluding hydrogens is 509 g/mol. The Morgan fingerprint density at radius 3 is 2.82 bits per heavy atom. The number of likely N-dealkylation sites (N-methyl/N-ethyl adjacent to an activating group) is 1. The monoisotopic (exact) mass is 543 g/mol. The van der Waals surface area contributed by atoms with Crippen molar-refractivity contribution < 1.29 is 14.2 Å². The van der Waals surface area contributed by atoms with Crippen LogP contribution >= 0.6 is 11.3 Å². The third kappa shape index (κ3) is 5.97. The number of aromatic hydroxyl groups is 1. The Hall–Kier alpha value is -2.70. The van der Waals surface area contributed by atoms with Crippen molar-refractivity contribution in [3.05, 3.63) is 67.7 Å². The minimum atomic E-state index is -1.25. The van der Waals surface area contributed by atoms with Gasteiger partial charge >= 0.3 is 4.87 Å². The SMILES string of the molecule is CN1CCOC2(CCN(Cc3cccc(C(F)CNCC(N=O)c4ccc(O)c5[nH]c(=O)sc45)c3)CC2)C1. The molecule has 11 heteroatoms. The summed E-state index contributed by atoms with van der Waals surface area (Å²) in [7, 11) is 2.15. The standard InChI is InChI=1S/C27H34FN5O4S/c1-32-11-12-37-27(17-32)7-9-33(10-8-27)16-18-3-2-4-19(13-18)21(28)14-29-15-22(31-36)20-5-6-23(34)24-25(20)38-26(35)30-24/h2-6,13,21-22,29,34H,7-12,14-17H2,1H3,(H,30,35). The lowest BCUT2D eigenvalue weighted by Gasteiger charge is -2.46. The zero-order valence-electron chi connectivity index (χ0n) is 21.5. The van der Waals surface area contributed by atoms with Gasteiger partial charge in [-0.15, -0.1) is 0 Å². The van der Waals surface area contributed by atoms with Crippen molar-refractivity contribution in [1.82, 2.24) is 20.1 Å². The van der Waals surface area contributed by atoms with Crippen molar-refractivity contribution in [3.63, 3.8) is 0 Å². The molecule has 9 nitrogen and oxygen atoms in total. The summed E-state index contributed by atoms with van der Waals surface area (Å²) in [5.41, 5.74) is 2.44. The largest absolute Gasteiger partial charge is 0.506 e. The van der Waals surface area contributed by atoms with Gasteiger partial charge in [0.15, 0.2) is 0 Å². The van der Waals surface area contributed by atoms with Crippen LogP contribution in [0.3, 0.4) is 0 Å². The van der Waals surface area contributed by atoms with Crippen LogP contribution in [0.5, 0.6) is 5.75 Å². The van der Waals surface area contributed by atoms with E-state index in [9.17, 15) is 14.8 Å². The van der Waals surface area contributed by atoms with Crippen LogP contribution in [0.4, 0.5) is 4.39 Å². The van der Waals surface area contributed by atoms with E-state index in [0.29, 0.717) is 15.8 Å². The molecule has 0 radical (unpaired) electrons. The van der Waals surface area contributed by atoms with Crippen molar-refractivity contribution in [2.45, 2.75) is 37.2 Å². The number of nitrogens with zero attached hydrogens (tertiary/aromatic N) is 3. The van der Waals surface area contributed by atoms with Gasteiger partial charge < -0.3 is 25.0 Å². The number of nitroso groups, excluding NO2 is 1. The molecular formula is C27H34FN5O4S. The molecule has 2 aromatic carbocycles. The predicted octanol–water partition coefficient (Wildman–Crippen LogP) is 3.70. The summed E-state index contributed by atoms with van der Waals surface area (Å²) in [6.07, 6.45) is 0.762. The molecule has 2 aliphatic rings. The van der Waals surface area contributed by atoms with Gasteiger partial charge in [0.2, 0.25) is 0 Å². The minimum absolute atomic E-state index is 0.0250. The minimum Gasteiger partial charge on any atom is -0.506 e. The number of fused-ring (bicyclic) bond motifs is 1. The summed E-state index contributed by atoms with van der Waals surface area (Å²) >= 11 is 0.910. The van der Waals surface area contributed by atoms with Gasteiger partial charge in [-0.05, 0) is 37.1 Å². The van der Waals surface area contributed by atoms with Crippen LogP contribution in [0.1, 0.15) is 41.7 Å². The number of benzene rings is 2. The van der Waals surface area contributed by atoms with Gasteiger partial charge in [-0.1, -0.05) is 46.8 Å². The van der Waals surface area contributed by atoms with E-state index in [1.807, 2.05) is 18.2 Å². The number of hydrogen-bond donors (Lipinski definition) is 3. The summed E-state index contributed by atoms with van der Waals surface area (Å²) in [6, 6.07) is 9.79. The Labute approximate surface area is 224 Å². The number of nitrogens with one attached hydrogen (secondary N) is 2. The molecule has 38 heavy (non-hydrogen) atoms. The number of likely N-dealkylation sites (tertiary alicyclic amines) is 1. The molecule has 2 aliphatic heterocycles. The number of aromatic amines is 1. The maximum Gasteiger partial charge on any atom is 0.305 e. The third-order valence-corrected chi connectivity index (χ3v) is 8.59. The number of piperidine rings is 1. The lowest BCUT2D eigenvalue weighted by molar-refractivity contribution is -0.131. The maximum absolute atomic E-state index is 15.2. The van der Waals surface area contributed by atoms with Crippen molar-refractivity contribution in [3.8, 4) is 5.75 Å². The molecule has 3 heterocycles. The van der Waals surface area contributed by atoms with Gasteiger partial charge in [0.1, 0.15) is 23.5 Å². The maximum atomic E-state index is 15.2. The highest BCUT2D eigenvalue weighted by Gasteiger charge is 2.38. The summed E-state index contributed by atoms with van der Waals surface area (Å²) in [5.74, 6) is -0.0672. The molecule has 0 aliphatic carbocycles. The number of alkyl halides is 1. The number of thiazole rings is 1. The first-order valence-corrected chi connectivity index (χ1v) is 13.8. The van der Waals surface area contributed by atoms with E-state index in [1.54, 1.807) is 12.1 Å². The molecule has 5 rings (SSSR count). The van der Waals surface area contributed by atoms with Gasteiger partial charge in [-0.25, -0.2) is 4.39 Å². The Morgan fingerprint density at radius 2 is 2.05 bits per heavy atom. The lowest BCUT2D eigenvalue weighted by atomic mass is 9.89. The number of aromatic nitrogens is 1. The first-order chi connectivity index (χ1) is 18.4. The second kappa shape index (κ2) is 11.6. The van der Waals surface area contributed by atoms with Crippen LogP contribution in [0.15, 0.2) is 46.4 Å². The zero-order chi connectivity index (χ0) is 26.7. The molecule has 2 unspecified atom stereocenters. The fraction of sp³-hybridized carbons (Fsp3) is 0.519. The average molecular weight is 544 g/mol. The van der Waals surface area contributed by atoms with Crippen molar-refractivity contribution in [2.75, 3.05) is 52.9 Å². The Kier molecular flexibility index (Phi) is 8.20. The van der Waals surface area contributed by atoms with Crippen LogP contribution in [-0.4, -0.2) is 78.4 Å². The van der Waals surface area contributed by atoms with Crippen LogP contribution in [-0.2, 0) is 11.3 Å². The molecule has 3 N–H and O–H groups in total. The molecule has 2 atom stereocenters. The number of halogens is 1. The second-order valence-electron chi connectivity index (χ2n) is 10.4. The second-order valence-corrected chi connectivity index (χ2v) is 11.4. The molecule has 0 saturated carbocycles. The number of ether oxygens (including phenoxy) is 1. The molecule has 0 amide bonds. The van der Waals surface area contributed by atoms with Crippen LogP contribution < -0.4 is 10.2 Å². The molecule has 0 bridgehead atoms. The first kappa shape index (κ1) is 26.9. The number of rotatable bonds is 9. The van der Waals surface area contributed by atoms with Crippen molar-refractivity contribution in [2.24, 2.45) is 5.18 Å². The van der Waals surface area contributed by atoms with Gasteiger partial charge in [0.05, 0.1) is 16.9 Å². The number of phenolic OH excluding ortho intramolecular Hbond substituents is 1. The molecule has 2 fully saturated rings. The van der Waals surface area contributed by atoms with Gasteiger partial charge in [0, 0.05) is 51.4 Å². The number of morpholine rings is 1. The van der Waals surface area contributed by atoms with Gasteiger partial charge in [-0.3, -0.25) is 9.69 Å². The molecule has 2 saturated heterocycles. The predicted molar refractivity (Wildman–Crippen MR) is 146 cm³/mol. The van der Waals surface area contributed by atoms with E-state index in [1.165, 1.54) is 6.07 Å². The van der Waals surface area contributed by atoms with E-state index < -0.39 is 12.2 Å². The highest BCUT2D eigenvalue weighted by molar-refractivity contribution is 7.16. The van der Waals surface area contributed by atoms with E-state index in [4.69, 9.17) is 4.74 Å². The number of hydrogen-bond acceptors (Lipinski definition) is 9. The third-order valence-electron chi connectivity index (χ3n) is 7.66. The zero-order valence-corrected chi connectivity index (χ0v) is 22.3. The normalized spacial score (nSPS) is 20.1. The summed E-state index contributed by atoms with van der Waals surface area (Å²) in [4.78, 5) is 30.4. The van der Waals surface area contributed by atoms with Gasteiger partial charge in [-0.2, -0.15) is 4.91 Å². The average Bonchev–Trinajstić information content (AvgIpc) is 3.31. The molecule has 1 spiro atoms. The fourth-order valence-corrected chi connectivity index (χ4v) is 6.49. The Balaban J connectivity index is 1.15. The highest BCUT2D eigenvalue weighted by Crippen LogP contribution is 2.33. The van der Waals surface area contributed by atoms with Gasteiger partial charge in [0.25, 0.3) is 0 Å². The smallest absolute Gasteiger partial charge is 0.305 e. The van der Waals surface area contributed by atoms with Crippen LogP contribution in [0.25, 0.3) is 10.2 Å². The quantitative estimate of drug-likeness (QED) is 0.353. The number of H-pyrrole nitrogens is 1. The van der Waals surface area contributed by atoms with E-state index >= 15 is 4.39 Å². The summed E-state index contributed by atoms with van der Waals surface area (Å²) in [6.45, 7) is 5.59. The number of phenols is 1. The van der Waals surface area contributed by atoms with E-state index in [-0.39, 0.29) is 34.8 Å². The lowest BCUT2D eigenvalue weighted by Crippen LogP contribution is -2.55. The van der Waals surface area contributed by atoms with E-state index in [2.05, 4.69) is 32.3 Å². The Bertz CT molecular complexity index is 1320. The van der Waals surface area contributed by atoms with Crippen molar-refractivity contribution in [1.29, 1.82) is 0 Å². The Morgan fingerprint density at radius 1 is 1.24 bits per heavy atom.